The Hall–Kier alpha value is -1.63. The molecule has 1 amide bonds. The summed E-state index contributed by atoms with van der Waals surface area (Å²) in [4.78, 5) is 17.0. The molecule has 136 valence electrons. The van der Waals surface area contributed by atoms with Gasteiger partial charge in [0.2, 0.25) is 0 Å². The Labute approximate surface area is 157 Å². The average molecular weight is 383 g/mol. The lowest BCUT2D eigenvalue weighted by molar-refractivity contribution is 0.0995. The summed E-state index contributed by atoms with van der Waals surface area (Å²) >= 11 is 7.47. The Bertz CT molecular complexity index is 818. The lowest BCUT2D eigenvalue weighted by Gasteiger charge is -2.19. The third kappa shape index (κ3) is 4.93. The first-order valence-electron chi connectivity index (χ1n) is 7.90. The second kappa shape index (κ2) is 8.17. The molecule has 5 nitrogen and oxygen atoms in total. The quantitative estimate of drug-likeness (QED) is 0.788. The Morgan fingerprint density at radius 3 is 2.64 bits per heavy atom. The number of aromatic nitrogens is 1. The highest BCUT2D eigenvalue weighted by Crippen LogP contribution is 2.23. The van der Waals surface area contributed by atoms with Crippen LogP contribution in [0.3, 0.4) is 0 Å². The van der Waals surface area contributed by atoms with E-state index in [0.717, 1.165) is 5.56 Å². The number of amides is 1. The van der Waals surface area contributed by atoms with E-state index in [-0.39, 0.29) is 11.4 Å². The van der Waals surface area contributed by atoms with E-state index >= 15 is 0 Å². The highest BCUT2D eigenvalue weighted by Gasteiger charge is 2.17. The van der Waals surface area contributed by atoms with Crippen molar-refractivity contribution in [2.45, 2.75) is 32.7 Å². The topological polar surface area (TPSA) is 52.8 Å². The third-order valence-corrected chi connectivity index (χ3v) is 5.18. The molecule has 7 heteroatoms. The fourth-order valence-electron chi connectivity index (χ4n) is 2.18. The Morgan fingerprint density at radius 1 is 1.32 bits per heavy atom. The molecule has 2 aromatic rings. The highest BCUT2D eigenvalue weighted by molar-refractivity contribution is 7.04. The standard InChI is InChI=1S/C18H23ClN2O3S/c1-18(2,3)21-11-12(8-9-23-4)17(25-21)20-16(22)14-10-13(19)6-7-15(14)24-5/h6-7,10-11H,8-9H2,1-5H3/b20-17-. The molecule has 1 heterocycles. The van der Waals surface area contributed by atoms with E-state index in [2.05, 4.69) is 29.7 Å². The van der Waals surface area contributed by atoms with Crippen LogP contribution in [0.2, 0.25) is 5.02 Å². The Morgan fingerprint density at radius 2 is 2.04 bits per heavy atom. The number of ether oxygens (including phenoxy) is 2. The van der Waals surface area contributed by atoms with Gasteiger partial charge < -0.3 is 9.47 Å². The molecule has 0 aliphatic rings. The Balaban J connectivity index is 2.50. The summed E-state index contributed by atoms with van der Waals surface area (Å²) < 4.78 is 13.2. The minimum atomic E-state index is -0.374. The maximum Gasteiger partial charge on any atom is 0.282 e. The molecule has 0 aliphatic heterocycles. The van der Waals surface area contributed by atoms with Crippen LogP contribution in [0.1, 0.15) is 36.7 Å². The number of hydrogen-bond acceptors (Lipinski definition) is 4. The molecule has 1 aromatic carbocycles. The van der Waals surface area contributed by atoms with Crippen LogP contribution < -0.4 is 9.41 Å². The van der Waals surface area contributed by atoms with Crippen LogP contribution in [-0.4, -0.2) is 30.7 Å². The molecular formula is C18H23ClN2O3S. The second-order valence-corrected chi connectivity index (χ2v) is 7.95. The number of carbonyl (C=O) groups excluding carboxylic acids is 1. The van der Waals surface area contributed by atoms with Crippen molar-refractivity contribution in [1.82, 2.24) is 3.96 Å². The molecule has 0 N–H and O–H groups in total. The van der Waals surface area contributed by atoms with E-state index < -0.39 is 0 Å². The molecule has 0 aliphatic carbocycles. The molecule has 0 bridgehead atoms. The molecule has 0 saturated carbocycles. The summed E-state index contributed by atoms with van der Waals surface area (Å²) in [5.74, 6) is 0.0813. The maximum atomic E-state index is 12.7. The van der Waals surface area contributed by atoms with Gasteiger partial charge >= 0.3 is 0 Å². The van der Waals surface area contributed by atoms with Gasteiger partial charge in [0.25, 0.3) is 5.91 Å². The van der Waals surface area contributed by atoms with E-state index in [4.69, 9.17) is 21.1 Å². The summed E-state index contributed by atoms with van der Waals surface area (Å²) in [6.45, 7) is 6.89. The number of carbonyl (C=O) groups is 1. The van der Waals surface area contributed by atoms with E-state index in [1.165, 1.54) is 18.6 Å². The number of hydrogen-bond donors (Lipinski definition) is 0. The number of benzene rings is 1. The highest BCUT2D eigenvalue weighted by atomic mass is 35.5. The van der Waals surface area contributed by atoms with Gasteiger partial charge in [0.1, 0.15) is 10.4 Å². The molecule has 0 unspecified atom stereocenters. The minimum absolute atomic E-state index is 0.0863. The fraction of sp³-hybridized carbons (Fsp3) is 0.444. The molecule has 2 rings (SSSR count). The van der Waals surface area contributed by atoms with Crippen LogP contribution in [0.4, 0.5) is 0 Å². The molecule has 0 fully saturated rings. The largest absolute Gasteiger partial charge is 0.496 e. The van der Waals surface area contributed by atoms with Crippen LogP contribution in [0.25, 0.3) is 0 Å². The van der Waals surface area contributed by atoms with Crippen molar-refractivity contribution in [1.29, 1.82) is 0 Å². The van der Waals surface area contributed by atoms with Crippen LogP contribution in [-0.2, 0) is 16.7 Å². The van der Waals surface area contributed by atoms with Crippen molar-refractivity contribution in [2.75, 3.05) is 20.8 Å². The zero-order valence-corrected chi connectivity index (χ0v) is 16.7. The van der Waals surface area contributed by atoms with E-state index in [0.29, 0.717) is 34.0 Å². The van der Waals surface area contributed by atoms with Crippen molar-refractivity contribution in [3.63, 3.8) is 0 Å². The van der Waals surface area contributed by atoms with Gasteiger partial charge in [-0.1, -0.05) is 11.6 Å². The number of methoxy groups -OCH3 is 2. The lowest BCUT2D eigenvalue weighted by atomic mass is 10.1. The van der Waals surface area contributed by atoms with Gasteiger partial charge in [-0.15, -0.1) is 0 Å². The van der Waals surface area contributed by atoms with Crippen LogP contribution in [0.5, 0.6) is 5.75 Å². The van der Waals surface area contributed by atoms with Crippen molar-refractivity contribution in [3.8, 4) is 5.75 Å². The first kappa shape index (κ1) is 19.7. The summed E-state index contributed by atoms with van der Waals surface area (Å²) in [7, 11) is 3.17. The van der Waals surface area contributed by atoms with Gasteiger partial charge in [0.15, 0.2) is 0 Å². The van der Waals surface area contributed by atoms with Gasteiger partial charge in [-0.2, -0.15) is 4.99 Å². The molecule has 25 heavy (non-hydrogen) atoms. The molecule has 0 atom stereocenters. The third-order valence-electron chi connectivity index (χ3n) is 3.56. The average Bonchev–Trinajstić information content (AvgIpc) is 2.95. The first-order chi connectivity index (χ1) is 11.8. The van der Waals surface area contributed by atoms with Crippen molar-refractivity contribution < 1.29 is 14.3 Å². The van der Waals surface area contributed by atoms with Crippen LogP contribution >= 0.6 is 23.1 Å². The molecular weight excluding hydrogens is 360 g/mol. The molecule has 0 radical (unpaired) electrons. The lowest BCUT2D eigenvalue weighted by Crippen LogP contribution is -2.18. The van der Waals surface area contributed by atoms with E-state index in [1.54, 1.807) is 25.3 Å². The van der Waals surface area contributed by atoms with Gasteiger partial charge in [0, 0.05) is 35.9 Å². The Kier molecular flexibility index (Phi) is 6.43. The number of nitrogens with zero attached hydrogens (tertiary/aromatic N) is 2. The maximum absolute atomic E-state index is 12.7. The zero-order chi connectivity index (χ0) is 18.6. The van der Waals surface area contributed by atoms with Gasteiger partial charge in [0.05, 0.1) is 19.3 Å². The van der Waals surface area contributed by atoms with Gasteiger partial charge in [-0.3, -0.25) is 8.75 Å². The summed E-state index contributed by atoms with van der Waals surface area (Å²) in [5.41, 5.74) is 1.25. The van der Waals surface area contributed by atoms with E-state index in [1.807, 2.05) is 6.20 Å². The first-order valence-corrected chi connectivity index (χ1v) is 9.05. The van der Waals surface area contributed by atoms with E-state index in [9.17, 15) is 4.79 Å². The predicted molar refractivity (Wildman–Crippen MR) is 101 cm³/mol. The SMILES string of the molecule is COCCc1cn(C(C)(C)C)s/c1=N\C(=O)c1cc(Cl)ccc1OC. The molecule has 1 aromatic heterocycles. The monoisotopic (exact) mass is 382 g/mol. The normalized spacial score (nSPS) is 12.5. The van der Waals surface area contributed by atoms with Gasteiger partial charge in [-0.25, -0.2) is 0 Å². The number of halogens is 1. The van der Waals surface area contributed by atoms with Crippen molar-refractivity contribution in [3.05, 3.63) is 45.2 Å². The van der Waals surface area contributed by atoms with Crippen LogP contribution in [0.15, 0.2) is 29.4 Å². The smallest absolute Gasteiger partial charge is 0.282 e. The zero-order valence-electron chi connectivity index (χ0n) is 15.1. The predicted octanol–water partition coefficient (Wildman–Crippen LogP) is 3.90. The van der Waals surface area contributed by atoms with Gasteiger partial charge in [-0.05, 0) is 50.5 Å². The fourth-order valence-corrected chi connectivity index (χ4v) is 3.39. The summed E-state index contributed by atoms with van der Waals surface area (Å²) in [5, 5.41) is 0.467. The summed E-state index contributed by atoms with van der Waals surface area (Å²) in [6.07, 6.45) is 2.72. The minimum Gasteiger partial charge on any atom is -0.496 e. The number of rotatable bonds is 5. The molecule has 0 saturated heterocycles. The van der Waals surface area contributed by atoms with Crippen molar-refractivity contribution in [2.24, 2.45) is 4.99 Å². The van der Waals surface area contributed by atoms with Crippen molar-refractivity contribution >= 4 is 29.0 Å². The molecule has 0 spiro atoms. The second-order valence-electron chi connectivity index (χ2n) is 6.55. The summed E-state index contributed by atoms with van der Waals surface area (Å²) in [6, 6.07) is 4.92. The van der Waals surface area contributed by atoms with Crippen LogP contribution in [0, 0.1) is 0 Å².